The van der Waals surface area contributed by atoms with Gasteiger partial charge in [-0.1, -0.05) is 0 Å². The van der Waals surface area contributed by atoms with Crippen molar-refractivity contribution in [2.45, 2.75) is 25.8 Å². The highest BCUT2D eigenvalue weighted by Crippen LogP contribution is 2.34. The highest BCUT2D eigenvalue weighted by molar-refractivity contribution is 5.44. The Kier molecular flexibility index (Phi) is 3.59. The molecule has 1 unspecified atom stereocenters. The van der Waals surface area contributed by atoms with Crippen LogP contribution < -0.4 is 15.4 Å². The van der Waals surface area contributed by atoms with E-state index in [0.717, 1.165) is 31.0 Å². The van der Waals surface area contributed by atoms with Crippen LogP contribution in [0.15, 0.2) is 12.4 Å². The highest BCUT2D eigenvalue weighted by Gasteiger charge is 2.30. The minimum atomic E-state index is 0.0953. The summed E-state index contributed by atoms with van der Waals surface area (Å²) in [6.45, 7) is 3.42. The van der Waals surface area contributed by atoms with Gasteiger partial charge in [-0.05, 0) is 19.8 Å². The lowest BCUT2D eigenvalue weighted by molar-refractivity contribution is 0.326. The first-order valence-electron chi connectivity index (χ1n) is 7.07. The van der Waals surface area contributed by atoms with Gasteiger partial charge in [0.1, 0.15) is 12.1 Å². The second kappa shape index (κ2) is 5.55. The summed E-state index contributed by atoms with van der Waals surface area (Å²) in [4.78, 5) is 15.0. The molecule has 0 aromatic carbocycles. The number of hydrogen-bond donors (Lipinski definition) is 1. The van der Waals surface area contributed by atoms with Gasteiger partial charge in [-0.3, -0.25) is 0 Å². The molecule has 21 heavy (non-hydrogen) atoms. The van der Waals surface area contributed by atoms with Gasteiger partial charge in [0, 0.05) is 19.7 Å². The van der Waals surface area contributed by atoms with E-state index in [-0.39, 0.29) is 6.04 Å². The van der Waals surface area contributed by atoms with E-state index >= 15 is 0 Å². The first-order chi connectivity index (χ1) is 10.2. The van der Waals surface area contributed by atoms with E-state index in [4.69, 9.17) is 10.5 Å². The highest BCUT2D eigenvalue weighted by atomic mass is 16.5. The quantitative estimate of drug-likeness (QED) is 0.894. The Morgan fingerprint density at radius 3 is 3.00 bits per heavy atom. The van der Waals surface area contributed by atoms with Crippen LogP contribution in [-0.2, 0) is 7.05 Å². The van der Waals surface area contributed by atoms with E-state index in [1.54, 1.807) is 11.7 Å². The van der Waals surface area contributed by atoms with Crippen molar-refractivity contribution in [3.63, 3.8) is 0 Å². The molecule has 2 aromatic rings. The topological polar surface area (TPSA) is 95.0 Å². The molecule has 0 amide bonds. The molecule has 0 saturated carbocycles. The minimum absolute atomic E-state index is 0.0953. The number of rotatable bonds is 4. The van der Waals surface area contributed by atoms with Crippen LogP contribution in [0.3, 0.4) is 0 Å². The van der Waals surface area contributed by atoms with Gasteiger partial charge in [0.25, 0.3) is 0 Å². The predicted molar refractivity (Wildman–Crippen MR) is 77.9 cm³/mol. The summed E-state index contributed by atoms with van der Waals surface area (Å²) < 4.78 is 7.03. The first-order valence-corrected chi connectivity index (χ1v) is 7.07. The van der Waals surface area contributed by atoms with E-state index in [9.17, 15) is 0 Å². The lowest BCUT2D eigenvalue weighted by atomic mass is 10.2. The molecule has 8 nitrogen and oxygen atoms in total. The maximum Gasteiger partial charge on any atom is 0.218 e. The number of ether oxygens (including phenoxy) is 1. The molecule has 0 aliphatic carbocycles. The van der Waals surface area contributed by atoms with E-state index in [1.807, 2.05) is 13.0 Å². The van der Waals surface area contributed by atoms with Gasteiger partial charge < -0.3 is 15.4 Å². The van der Waals surface area contributed by atoms with Crippen molar-refractivity contribution in [1.82, 2.24) is 24.7 Å². The molecule has 0 spiro atoms. The Morgan fingerprint density at radius 2 is 2.29 bits per heavy atom. The molecular weight excluding hydrogens is 270 g/mol. The number of nitrogen functional groups attached to an aromatic ring is 1. The van der Waals surface area contributed by atoms with E-state index < -0.39 is 0 Å². The average molecular weight is 289 g/mol. The lowest BCUT2D eigenvalue weighted by Crippen LogP contribution is -2.24. The molecule has 112 valence electrons. The van der Waals surface area contributed by atoms with Crippen molar-refractivity contribution in [3.05, 3.63) is 18.2 Å². The molecule has 1 aliphatic heterocycles. The van der Waals surface area contributed by atoms with Crippen molar-refractivity contribution >= 4 is 11.8 Å². The Balaban J connectivity index is 1.88. The minimum Gasteiger partial charge on any atom is -0.478 e. The monoisotopic (exact) mass is 289 g/mol. The van der Waals surface area contributed by atoms with Gasteiger partial charge in [0.15, 0.2) is 5.82 Å². The van der Waals surface area contributed by atoms with Crippen LogP contribution in [0.1, 0.15) is 31.6 Å². The summed E-state index contributed by atoms with van der Waals surface area (Å²) in [5.41, 5.74) is 5.78. The fourth-order valence-electron chi connectivity index (χ4n) is 2.58. The third-order valence-electron chi connectivity index (χ3n) is 3.58. The average Bonchev–Trinajstić information content (AvgIpc) is 3.07. The summed E-state index contributed by atoms with van der Waals surface area (Å²) in [6.07, 6.45) is 3.57. The Hall–Kier alpha value is -2.38. The number of aromatic nitrogens is 5. The predicted octanol–water partition coefficient (Wildman–Crippen LogP) is 0.927. The van der Waals surface area contributed by atoms with Gasteiger partial charge in [-0.25, -0.2) is 14.6 Å². The largest absolute Gasteiger partial charge is 0.478 e. The summed E-state index contributed by atoms with van der Waals surface area (Å²) in [5, 5.41) is 4.39. The third kappa shape index (κ3) is 2.61. The Labute approximate surface area is 123 Å². The molecule has 1 fully saturated rings. The third-order valence-corrected chi connectivity index (χ3v) is 3.58. The number of nitrogens with two attached hydrogens (primary N) is 1. The molecule has 8 heteroatoms. The van der Waals surface area contributed by atoms with E-state index in [0.29, 0.717) is 18.4 Å². The zero-order valence-electron chi connectivity index (χ0n) is 12.2. The van der Waals surface area contributed by atoms with Crippen molar-refractivity contribution in [1.29, 1.82) is 0 Å². The van der Waals surface area contributed by atoms with Gasteiger partial charge >= 0.3 is 0 Å². The van der Waals surface area contributed by atoms with Crippen molar-refractivity contribution in [3.8, 4) is 5.88 Å². The molecule has 2 aromatic heterocycles. The van der Waals surface area contributed by atoms with Gasteiger partial charge in [-0.2, -0.15) is 10.1 Å². The Bertz CT molecular complexity index is 607. The van der Waals surface area contributed by atoms with Crippen molar-refractivity contribution in [2.75, 3.05) is 23.8 Å². The molecule has 1 aliphatic rings. The summed E-state index contributed by atoms with van der Waals surface area (Å²) in [5.74, 6) is 2.59. The zero-order valence-corrected chi connectivity index (χ0v) is 12.2. The van der Waals surface area contributed by atoms with Crippen molar-refractivity contribution < 1.29 is 4.74 Å². The van der Waals surface area contributed by atoms with Crippen LogP contribution in [0, 0.1) is 0 Å². The number of hydrogen-bond acceptors (Lipinski definition) is 7. The van der Waals surface area contributed by atoms with Gasteiger partial charge in [-0.15, -0.1) is 0 Å². The molecule has 0 radical (unpaired) electrons. The summed E-state index contributed by atoms with van der Waals surface area (Å²) in [6, 6.07) is 1.95. The molecule has 2 N–H and O–H groups in total. The number of nitrogens with zero attached hydrogens (tertiary/aromatic N) is 6. The molecule has 1 saturated heterocycles. The number of anilines is 2. The van der Waals surface area contributed by atoms with Crippen LogP contribution >= 0.6 is 0 Å². The molecular formula is C13H19N7O. The fourth-order valence-corrected chi connectivity index (χ4v) is 2.58. The maximum atomic E-state index is 5.78. The first kappa shape index (κ1) is 13.6. The standard InChI is InChI=1S/C13H19N7O/c1-3-21-11-7-10(15-8-16-11)20-6-4-5-9(20)12-17-13(14)19(2)18-12/h7-9H,3-6H2,1-2H3,(H2,14,17,18). The summed E-state index contributed by atoms with van der Waals surface area (Å²) >= 11 is 0. The molecule has 3 heterocycles. The molecule has 3 rings (SSSR count). The van der Waals surface area contributed by atoms with E-state index in [2.05, 4.69) is 25.0 Å². The SMILES string of the molecule is CCOc1cc(N2CCCC2c2nc(N)n(C)n2)ncn1. The second-order valence-electron chi connectivity index (χ2n) is 4.95. The number of aryl methyl sites for hydroxylation is 1. The van der Waals surface area contributed by atoms with Crippen LogP contribution in [0.25, 0.3) is 0 Å². The second-order valence-corrected chi connectivity index (χ2v) is 4.95. The van der Waals surface area contributed by atoms with Crippen LogP contribution in [0.4, 0.5) is 11.8 Å². The lowest BCUT2D eigenvalue weighted by Gasteiger charge is -2.23. The van der Waals surface area contributed by atoms with Gasteiger partial charge in [0.2, 0.25) is 11.8 Å². The molecule has 1 atom stereocenters. The fraction of sp³-hybridized carbons (Fsp3) is 0.538. The Morgan fingerprint density at radius 1 is 1.43 bits per heavy atom. The van der Waals surface area contributed by atoms with Crippen LogP contribution in [-0.4, -0.2) is 37.9 Å². The summed E-state index contributed by atoms with van der Waals surface area (Å²) in [7, 11) is 1.79. The van der Waals surface area contributed by atoms with Crippen LogP contribution in [0.5, 0.6) is 5.88 Å². The van der Waals surface area contributed by atoms with Crippen LogP contribution in [0.2, 0.25) is 0 Å². The van der Waals surface area contributed by atoms with Crippen molar-refractivity contribution in [2.24, 2.45) is 7.05 Å². The molecule has 0 bridgehead atoms. The van der Waals surface area contributed by atoms with E-state index in [1.165, 1.54) is 6.33 Å². The maximum absolute atomic E-state index is 5.78. The zero-order chi connectivity index (χ0) is 14.8. The normalized spacial score (nSPS) is 18.2. The van der Waals surface area contributed by atoms with Gasteiger partial charge in [0.05, 0.1) is 12.6 Å². The smallest absolute Gasteiger partial charge is 0.218 e.